The van der Waals surface area contributed by atoms with E-state index in [9.17, 15) is 9.59 Å². The highest BCUT2D eigenvalue weighted by molar-refractivity contribution is 5.94. The lowest BCUT2D eigenvalue weighted by Gasteiger charge is -2.03. The Morgan fingerprint density at radius 2 is 2.19 bits per heavy atom. The Hall–Kier alpha value is -2.96. The minimum Gasteiger partial charge on any atom is -0.478 e. The van der Waals surface area contributed by atoms with Gasteiger partial charge in [0.2, 0.25) is 0 Å². The molecule has 0 saturated carbocycles. The Bertz CT molecular complexity index is 691. The van der Waals surface area contributed by atoms with Crippen molar-refractivity contribution in [3.8, 4) is 0 Å². The summed E-state index contributed by atoms with van der Waals surface area (Å²) in [5.74, 6) is -0.721. The molecule has 0 unspecified atom stereocenters. The molecule has 21 heavy (non-hydrogen) atoms. The molecule has 0 fully saturated rings. The van der Waals surface area contributed by atoms with Crippen molar-refractivity contribution in [3.05, 3.63) is 53.2 Å². The Morgan fingerprint density at radius 1 is 1.38 bits per heavy atom. The summed E-state index contributed by atoms with van der Waals surface area (Å²) in [7, 11) is 0. The van der Waals surface area contributed by atoms with Crippen LogP contribution in [0.4, 0.5) is 0 Å². The van der Waals surface area contributed by atoms with Crippen molar-refractivity contribution in [2.24, 2.45) is 0 Å². The number of nitrogens with one attached hydrogen (secondary N) is 1. The average molecular weight is 287 g/mol. The average Bonchev–Trinajstić information content (AvgIpc) is 2.88. The Labute approximate surface area is 120 Å². The van der Waals surface area contributed by atoms with E-state index in [4.69, 9.17) is 9.63 Å². The van der Waals surface area contributed by atoms with Crippen molar-refractivity contribution in [1.29, 1.82) is 0 Å². The number of carboxylic acids is 1. The van der Waals surface area contributed by atoms with Crippen LogP contribution < -0.4 is 5.32 Å². The van der Waals surface area contributed by atoms with Gasteiger partial charge in [0, 0.05) is 24.5 Å². The summed E-state index contributed by atoms with van der Waals surface area (Å²) in [6.45, 7) is 2.01. The van der Waals surface area contributed by atoms with Crippen molar-refractivity contribution >= 4 is 18.0 Å². The summed E-state index contributed by atoms with van der Waals surface area (Å²) in [5.41, 5.74) is 1.49. The van der Waals surface area contributed by atoms with E-state index in [1.54, 1.807) is 19.1 Å². The van der Waals surface area contributed by atoms with Gasteiger partial charge in [-0.25, -0.2) is 4.79 Å². The first-order valence-corrected chi connectivity index (χ1v) is 6.11. The maximum atomic E-state index is 12.0. The van der Waals surface area contributed by atoms with Crippen LogP contribution in [0.1, 0.15) is 27.4 Å². The van der Waals surface area contributed by atoms with Gasteiger partial charge in [-0.2, -0.15) is 0 Å². The number of carboxylic acid groups (broad SMARTS) is 1. The van der Waals surface area contributed by atoms with E-state index in [0.717, 1.165) is 6.08 Å². The summed E-state index contributed by atoms with van der Waals surface area (Å²) >= 11 is 0. The van der Waals surface area contributed by atoms with E-state index < -0.39 is 5.97 Å². The largest absolute Gasteiger partial charge is 0.478 e. The highest BCUT2D eigenvalue weighted by Gasteiger charge is 2.08. The standard InChI is InChI=1S/C14H13N3O4/c1-9-4-12(17-21-9)8-16-14(20)11-5-10(6-15-7-11)2-3-13(18)19/h2-7H,8H2,1H3,(H,16,20)(H,18,19). The first-order valence-electron chi connectivity index (χ1n) is 6.11. The number of nitrogens with zero attached hydrogens (tertiary/aromatic N) is 2. The number of hydrogen-bond acceptors (Lipinski definition) is 5. The van der Waals surface area contributed by atoms with E-state index in [0.29, 0.717) is 22.6 Å². The first kappa shape index (κ1) is 14.4. The molecule has 2 heterocycles. The van der Waals surface area contributed by atoms with Gasteiger partial charge in [-0.1, -0.05) is 5.16 Å². The maximum Gasteiger partial charge on any atom is 0.328 e. The monoisotopic (exact) mass is 287 g/mol. The number of amides is 1. The number of aromatic nitrogens is 2. The predicted molar refractivity (Wildman–Crippen MR) is 73.3 cm³/mol. The quantitative estimate of drug-likeness (QED) is 0.805. The Balaban J connectivity index is 2.02. The van der Waals surface area contributed by atoms with Crippen LogP contribution in [0, 0.1) is 6.92 Å². The number of aliphatic carboxylic acids is 1. The molecular weight excluding hydrogens is 274 g/mol. The van der Waals surface area contributed by atoms with Crippen molar-refractivity contribution in [1.82, 2.24) is 15.5 Å². The van der Waals surface area contributed by atoms with Crippen LogP contribution in [-0.4, -0.2) is 27.1 Å². The van der Waals surface area contributed by atoms with Gasteiger partial charge in [-0.3, -0.25) is 9.78 Å². The normalized spacial score (nSPS) is 10.7. The second-order valence-corrected chi connectivity index (χ2v) is 4.29. The molecule has 2 rings (SSSR count). The second kappa shape index (κ2) is 6.47. The highest BCUT2D eigenvalue weighted by Crippen LogP contribution is 2.06. The summed E-state index contributed by atoms with van der Waals surface area (Å²) < 4.78 is 4.90. The lowest BCUT2D eigenvalue weighted by molar-refractivity contribution is -0.131. The molecule has 0 aliphatic carbocycles. The van der Waals surface area contributed by atoms with Gasteiger partial charge in [0.25, 0.3) is 5.91 Å². The van der Waals surface area contributed by atoms with Crippen LogP contribution >= 0.6 is 0 Å². The van der Waals surface area contributed by atoms with Crippen LogP contribution in [0.2, 0.25) is 0 Å². The molecule has 0 atom stereocenters. The molecule has 0 aliphatic rings. The lowest BCUT2D eigenvalue weighted by atomic mass is 10.2. The molecule has 0 saturated heterocycles. The molecule has 2 aromatic heterocycles. The summed E-state index contributed by atoms with van der Waals surface area (Å²) in [4.78, 5) is 26.3. The van der Waals surface area contributed by atoms with E-state index in [1.807, 2.05) is 0 Å². The third-order valence-electron chi connectivity index (χ3n) is 2.55. The van der Waals surface area contributed by atoms with Crippen LogP contribution in [0.25, 0.3) is 6.08 Å². The topological polar surface area (TPSA) is 105 Å². The molecule has 0 aliphatic heterocycles. The van der Waals surface area contributed by atoms with Crippen LogP contribution in [-0.2, 0) is 11.3 Å². The number of rotatable bonds is 5. The fourth-order valence-electron chi connectivity index (χ4n) is 1.61. The molecule has 2 N–H and O–H groups in total. The van der Waals surface area contributed by atoms with E-state index >= 15 is 0 Å². The third-order valence-corrected chi connectivity index (χ3v) is 2.55. The Kier molecular flexibility index (Phi) is 4.45. The fraction of sp³-hybridized carbons (Fsp3) is 0.143. The molecule has 2 aromatic rings. The smallest absolute Gasteiger partial charge is 0.328 e. The first-order chi connectivity index (χ1) is 10.0. The molecule has 7 nitrogen and oxygen atoms in total. The highest BCUT2D eigenvalue weighted by atomic mass is 16.5. The number of pyridine rings is 1. The summed E-state index contributed by atoms with van der Waals surface area (Å²) in [6.07, 6.45) is 5.22. The van der Waals surface area contributed by atoms with Gasteiger partial charge in [0.15, 0.2) is 0 Å². The van der Waals surface area contributed by atoms with Gasteiger partial charge < -0.3 is 14.9 Å². The van der Waals surface area contributed by atoms with Gasteiger partial charge in [-0.05, 0) is 24.6 Å². The minimum absolute atomic E-state index is 0.241. The minimum atomic E-state index is -1.06. The zero-order valence-corrected chi connectivity index (χ0v) is 11.2. The van der Waals surface area contributed by atoms with Crippen molar-refractivity contribution in [2.75, 3.05) is 0 Å². The van der Waals surface area contributed by atoms with Crippen molar-refractivity contribution < 1.29 is 19.2 Å². The van der Waals surface area contributed by atoms with Crippen molar-refractivity contribution in [2.45, 2.75) is 13.5 Å². The molecule has 0 radical (unpaired) electrons. The number of aryl methyl sites for hydroxylation is 1. The number of hydrogen-bond donors (Lipinski definition) is 2. The van der Waals surface area contributed by atoms with E-state index in [2.05, 4.69) is 15.5 Å². The van der Waals surface area contributed by atoms with Crippen LogP contribution in [0.15, 0.2) is 35.1 Å². The Morgan fingerprint density at radius 3 is 2.86 bits per heavy atom. The summed E-state index contributed by atoms with van der Waals surface area (Å²) in [5, 5.41) is 15.0. The maximum absolute atomic E-state index is 12.0. The zero-order chi connectivity index (χ0) is 15.2. The SMILES string of the molecule is Cc1cc(CNC(=O)c2cncc(C=CC(=O)O)c2)no1. The lowest BCUT2D eigenvalue weighted by Crippen LogP contribution is -2.23. The second-order valence-electron chi connectivity index (χ2n) is 4.29. The predicted octanol–water partition coefficient (Wildman–Crippen LogP) is 1.41. The van der Waals surface area contributed by atoms with Gasteiger partial charge in [-0.15, -0.1) is 0 Å². The molecular formula is C14H13N3O4. The molecule has 108 valence electrons. The fourth-order valence-corrected chi connectivity index (χ4v) is 1.61. The number of carbonyl (C=O) groups excluding carboxylic acids is 1. The number of carbonyl (C=O) groups is 2. The molecule has 7 heteroatoms. The van der Waals surface area contributed by atoms with E-state index in [-0.39, 0.29) is 12.5 Å². The molecule has 1 amide bonds. The molecule has 0 spiro atoms. The van der Waals surface area contributed by atoms with Crippen LogP contribution in [0.5, 0.6) is 0 Å². The van der Waals surface area contributed by atoms with Gasteiger partial charge in [0.1, 0.15) is 11.5 Å². The van der Waals surface area contributed by atoms with Crippen LogP contribution in [0.3, 0.4) is 0 Å². The van der Waals surface area contributed by atoms with E-state index in [1.165, 1.54) is 18.5 Å². The zero-order valence-electron chi connectivity index (χ0n) is 11.2. The summed E-state index contributed by atoms with van der Waals surface area (Å²) in [6, 6.07) is 3.28. The van der Waals surface area contributed by atoms with Crippen molar-refractivity contribution in [3.63, 3.8) is 0 Å². The third kappa shape index (κ3) is 4.27. The molecule has 0 bridgehead atoms. The van der Waals surface area contributed by atoms with Gasteiger partial charge >= 0.3 is 5.97 Å². The van der Waals surface area contributed by atoms with Gasteiger partial charge in [0.05, 0.1) is 12.1 Å². The molecule has 0 aromatic carbocycles.